The van der Waals surface area contributed by atoms with Crippen LogP contribution in [0.5, 0.6) is 0 Å². The van der Waals surface area contributed by atoms with Crippen LogP contribution in [0.1, 0.15) is 51.9 Å². The molecular formula is C14H28O7. The van der Waals surface area contributed by atoms with Crippen molar-refractivity contribution in [2.24, 2.45) is 0 Å². The third-order valence-electron chi connectivity index (χ3n) is 3.68. The van der Waals surface area contributed by atoms with E-state index in [1.165, 1.54) is 0 Å². The van der Waals surface area contributed by atoms with Crippen molar-refractivity contribution in [1.82, 2.24) is 0 Å². The standard InChI is InChI=1S/C14H28O7/c1-2-3-4-5-6-7-8-14(21,13(19)20)12(18)11(17)10(16)9-15/h10-12,15-18,21H,2-9H2,1H3,(H,19,20)/t10-,11-,12+,14-/m1/s1. The van der Waals surface area contributed by atoms with Crippen LogP contribution in [0, 0.1) is 0 Å². The lowest BCUT2D eigenvalue weighted by Crippen LogP contribution is -2.58. The molecule has 6 N–H and O–H groups in total. The van der Waals surface area contributed by atoms with Crippen molar-refractivity contribution in [2.45, 2.75) is 75.8 Å². The first-order chi connectivity index (χ1) is 9.81. The van der Waals surface area contributed by atoms with Gasteiger partial charge in [-0.2, -0.15) is 0 Å². The summed E-state index contributed by atoms with van der Waals surface area (Å²) < 4.78 is 0. The number of aliphatic carboxylic acids is 1. The minimum Gasteiger partial charge on any atom is -0.479 e. The van der Waals surface area contributed by atoms with Gasteiger partial charge in [-0.3, -0.25) is 0 Å². The molecule has 21 heavy (non-hydrogen) atoms. The molecule has 0 aliphatic rings. The number of carboxylic acid groups (broad SMARTS) is 1. The Morgan fingerprint density at radius 1 is 1.05 bits per heavy atom. The zero-order valence-corrected chi connectivity index (χ0v) is 12.5. The second kappa shape index (κ2) is 10.1. The van der Waals surface area contributed by atoms with Crippen molar-refractivity contribution in [2.75, 3.05) is 6.61 Å². The van der Waals surface area contributed by atoms with E-state index >= 15 is 0 Å². The maximum absolute atomic E-state index is 11.2. The van der Waals surface area contributed by atoms with E-state index in [-0.39, 0.29) is 6.42 Å². The van der Waals surface area contributed by atoms with Gasteiger partial charge in [-0.15, -0.1) is 0 Å². The van der Waals surface area contributed by atoms with Crippen LogP contribution >= 0.6 is 0 Å². The fourth-order valence-corrected chi connectivity index (χ4v) is 2.16. The summed E-state index contributed by atoms with van der Waals surface area (Å²) >= 11 is 0. The monoisotopic (exact) mass is 308 g/mol. The second-order valence-corrected chi connectivity index (χ2v) is 5.43. The Balaban J connectivity index is 4.51. The van der Waals surface area contributed by atoms with Crippen LogP contribution in [-0.2, 0) is 4.79 Å². The highest BCUT2D eigenvalue weighted by Gasteiger charge is 2.47. The maximum atomic E-state index is 11.2. The molecule has 0 amide bonds. The molecule has 0 aliphatic carbocycles. The summed E-state index contributed by atoms with van der Waals surface area (Å²) in [5, 5.41) is 56.5. The molecule has 0 bridgehead atoms. The van der Waals surface area contributed by atoms with E-state index in [1.54, 1.807) is 0 Å². The fraction of sp³-hybridized carbons (Fsp3) is 0.929. The molecule has 0 aliphatic heterocycles. The zero-order valence-electron chi connectivity index (χ0n) is 12.5. The second-order valence-electron chi connectivity index (χ2n) is 5.43. The Morgan fingerprint density at radius 2 is 1.57 bits per heavy atom. The van der Waals surface area contributed by atoms with Crippen LogP contribution in [0.3, 0.4) is 0 Å². The lowest BCUT2D eigenvalue weighted by Gasteiger charge is -2.33. The van der Waals surface area contributed by atoms with Crippen LogP contribution in [0.25, 0.3) is 0 Å². The average molecular weight is 308 g/mol. The van der Waals surface area contributed by atoms with Gasteiger partial charge in [0, 0.05) is 0 Å². The molecule has 4 atom stereocenters. The van der Waals surface area contributed by atoms with Crippen molar-refractivity contribution in [1.29, 1.82) is 0 Å². The summed E-state index contributed by atoms with van der Waals surface area (Å²) in [6.45, 7) is 1.23. The van der Waals surface area contributed by atoms with Crippen LogP contribution < -0.4 is 0 Å². The first-order valence-electron chi connectivity index (χ1n) is 7.42. The summed E-state index contributed by atoms with van der Waals surface area (Å²) in [4.78, 5) is 11.2. The van der Waals surface area contributed by atoms with Crippen LogP contribution in [0.2, 0.25) is 0 Å². The Hall–Kier alpha value is -0.730. The average Bonchev–Trinajstić information content (AvgIpc) is 2.47. The lowest BCUT2D eigenvalue weighted by atomic mass is 9.85. The number of aliphatic hydroxyl groups excluding tert-OH is 4. The zero-order chi connectivity index (χ0) is 16.5. The van der Waals surface area contributed by atoms with Gasteiger partial charge in [0.1, 0.15) is 18.3 Å². The minimum atomic E-state index is -2.54. The van der Waals surface area contributed by atoms with Gasteiger partial charge in [0.05, 0.1) is 6.61 Å². The molecule has 0 aromatic rings. The minimum absolute atomic E-state index is 0.231. The number of aliphatic hydroxyl groups is 5. The number of carboxylic acids is 1. The van der Waals surface area contributed by atoms with E-state index in [1.807, 2.05) is 0 Å². The van der Waals surface area contributed by atoms with E-state index in [2.05, 4.69) is 6.92 Å². The SMILES string of the molecule is CCCCCCCC[C@](O)(C(=O)O)[C@@H](O)[C@H](O)[C@H](O)CO. The molecule has 126 valence electrons. The molecule has 0 saturated heterocycles. The number of carbonyl (C=O) groups is 1. The van der Waals surface area contributed by atoms with E-state index in [4.69, 9.17) is 10.2 Å². The normalized spacial score (nSPS) is 18.8. The summed E-state index contributed by atoms with van der Waals surface area (Å²) in [6.07, 6.45) is -0.759. The molecule has 0 radical (unpaired) electrons. The summed E-state index contributed by atoms with van der Waals surface area (Å²) in [5.74, 6) is -1.66. The smallest absolute Gasteiger partial charge is 0.338 e. The molecule has 0 rings (SSSR count). The van der Waals surface area contributed by atoms with E-state index in [0.717, 1.165) is 25.7 Å². The lowest BCUT2D eigenvalue weighted by molar-refractivity contribution is -0.192. The third-order valence-corrected chi connectivity index (χ3v) is 3.68. The molecule has 0 aromatic carbocycles. The highest BCUT2D eigenvalue weighted by Crippen LogP contribution is 2.24. The molecule has 0 aromatic heterocycles. The largest absolute Gasteiger partial charge is 0.479 e. The molecule has 0 fully saturated rings. The van der Waals surface area contributed by atoms with Gasteiger partial charge >= 0.3 is 5.97 Å². The Bertz CT molecular complexity index is 297. The summed E-state index contributed by atoms with van der Waals surface area (Å²) in [5.41, 5.74) is -2.54. The predicted molar refractivity (Wildman–Crippen MR) is 75.7 cm³/mol. The van der Waals surface area contributed by atoms with Crippen molar-refractivity contribution in [3.05, 3.63) is 0 Å². The Morgan fingerprint density at radius 3 is 2.05 bits per heavy atom. The number of unbranched alkanes of at least 4 members (excludes halogenated alkanes) is 5. The molecule has 7 nitrogen and oxygen atoms in total. The summed E-state index contributed by atoms with van der Waals surface area (Å²) in [6, 6.07) is 0. The first-order valence-corrected chi connectivity index (χ1v) is 7.42. The van der Waals surface area contributed by atoms with Gasteiger partial charge in [0.15, 0.2) is 5.60 Å². The van der Waals surface area contributed by atoms with Gasteiger partial charge in [-0.1, -0.05) is 39.0 Å². The van der Waals surface area contributed by atoms with Gasteiger partial charge in [-0.05, 0) is 12.8 Å². The first kappa shape index (κ1) is 20.3. The Labute approximate surface area is 124 Å². The van der Waals surface area contributed by atoms with Crippen LogP contribution in [-0.4, -0.2) is 67.1 Å². The van der Waals surface area contributed by atoms with Crippen molar-refractivity contribution in [3.8, 4) is 0 Å². The van der Waals surface area contributed by atoms with Gasteiger partial charge in [0.2, 0.25) is 0 Å². The molecule has 0 heterocycles. The highest BCUT2D eigenvalue weighted by molar-refractivity contribution is 5.78. The van der Waals surface area contributed by atoms with E-state index in [9.17, 15) is 25.2 Å². The van der Waals surface area contributed by atoms with Crippen LogP contribution in [0.4, 0.5) is 0 Å². The number of rotatable bonds is 12. The highest BCUT2D eigenvalue weighted by atomic mass is 16.4. The molecule has 0 spiro atoms. The number of hydrogen-bond donors (Lipinski definition) is 6. The number of hydrogen-bond acceptors (Lipinski definition) is 6. The quantitative estimate of drug-likeness (QED) is 0.270. The fourth-order valence-electron chi connectivity index (χ4n) is 2.16. The molecule has 0 unspecified atom stereocenters. The van der Waals surface area contributed by atoms with E-state index in [0.29, 0.717) is 12.8 Å². The van der Waals surface area contributed by atoms with Crippen molar-refractivity contribution >= 4 is 5.97 Å². The Kier molecular flexibility index (Phi) is 9.72. The van der Waals surface area contributed by atoms with Gasteiger partial charge in [-0.25, -0.2) is 4.79 Å². The van der Waals surface area contributed by atoms with E-state index < -0.39 is 36.5 Å². The molecule has 0 saturated carbocycles. The predicted octanol–water partition coefficient (Wildman–Crippen LogP) is -0.372. The van der Waals surface area contributed by atoms with Crippen LogP contribution in [0.15, 0.2) is 0 Å². The topological polar surface area (TPSA) is 138 Å². The van der Waals surface area contributed by atoms with Gasteiger partial charge in [0.25, 0.3) is 0 Å². The maximum Gasteiger partial charge on any atom is 0.338 e. The molecular weight excluding hydrogens is 280 g/mol. The van der Waals surface area contributed by atoms with Gasteiger partial charge < -0.3 is 30.6 Å². The van der Waals surface area contributed by atoms with Crippen molar-refractivity contribution < 1.29 is 35.4 Å². The third kappa shape index (κ3) is 6.27. The summed E-state index contributed by atoms with van der Waals surface area (Å²) in [7, 11) is 0. The molecule has 7 heteroatoms. The van der Waals surface area contributed by atoms with Crippen molar-refractivity contribution in [3.63, 3.8) is 0 Å².